The van der Waals surface area contributed by atoms with E-state index in [1.165, 1.54) is 28.9 Å². The predicted octanol–water partition coefficient (Wildman–Crippen LogP) is 6.73. The molecule has 1 aromatic heterocycles. The van der Waals surface area contributed by atoms with Crippen molar-refractivity contribution >= 4 is 10.9 Å². The second-order valence-electron chi connectivity index (χ2n) is 6.40. The Balaban J connectivity index is 1.87. The van der Waals surface area contributed by atoms with Gasteiger partial charge in [-0.25, -0.2) is 4.68 Å². The molecule has 0 radical (unpaired) electrons. The van der Waals surface area contributed by atoms with Gasteiger partial charge in [0, 0.05) is 10.9 Å². The van der Waals surface area contributed by atoms with E-state index in [-0.39, 0.29) is 5.56 Å². The molecule has 0 fully saturated rings. The van der Waals surface area contributed by atoms with Gasteiger partial charge in [-0.15, -0.1) is 0 Å². The van der Waals surface area contributed by atoms with Crippen molar-refractivity contribution in [1.29, 1.82) is 0 Å². The van der Waals surface area contributed by atoms with Crippen LogP contribution in [0, 0.1) is 0 Å². The number of aromatic nitrogens is 2. The SMILES string of the molecule is FC(F)(F)c1ccc(-n2nc(-c3cccc(C(F)(F)F)c3)c3ccccc32)cc1. The van der Waals surface area contributed by atoms with Crippen molar-refractivity contribution in [2.24, 2.45) is 0 Å². The van der Waals surface area contributed by atoms with Crippen LogP contribution in [0.25, 0.3) is 27.8 Å². The molecule has 0 aliphatic rings. The molecule has 0 saturated heterocycles. The van der Waals surface area contributed by atoms with Crippen molar-refractivity contribution in [1.82, 2.24) is 9.78 Å². The number of nitrogens with zero attached hydrogens (tertiary/aromatic N) is 2. The molecule has 29 heavy (non-hydrogen) atoms. The van der Waals surface area contributed by atoms with Crippen LogP contribution in [0.15, 0.2) is 72.8 Å². The first-order valence-electron chi connectivity index (χ1n) is 8.47. The average Bonchev–Trinajstić information content (AvgIpc) is 3.07. The summed E-state index contributed by atoms with van der Waals surface area (Å²) in [6, 6.07) is 16.1. The predicted molar refractivity (Wildman–Crippen MR) is 96.5 cm³/mol. The summed E-state index contributed by atoms with van der Waals surface area (Å²) in [7, 11) is 0. The minimum absolute atomic E-state index is 0.265. The van der Waals surface area contributed by atoms with Gasteiger partial charge < -0.3 is 0 Å². The number of fused-ring (bicyclic) bond motifs is 1. The largest absolute Gasteiger partial charge is 0.416 e. The maximum atomic E-state index is 13.1. The van der Waals surface area contributed by atoms with E-state index in [2.05, 4.69) is 5.10 Å². The van der Waals surface area contributed by atoms with E-state index in [0.717, 1.165) is 24.3 Å². The highest BCUT2D eigenvalue weighted by Crippen LogP contribution is 2.35. The van der Waals surface area contributed by atoms with E-state index in [1.807, 2.05) is 0 Å². The minimum atomic E-state index is -4.50. The topological polar surface area (TPSA) is 17.8 Å². The van der Waals surface area contributed by atoms with Crippen LogP contribution in [-0.4, -0.2) is 9.78 Å². The lowest BCUT2D eigenvalue weighted by atomic mass is 10.0. The molecule has 0 atom stereocenters. The Morgan fingerprint density at radius 3 is 1.97 bits per heavy atom. The molecule has 4 aromatic rings. The van der Waals surface area contributed by atoms with Crippen LogP contribution in [0.2, 0.25) is 0 Å². The molecule has 8 heteroatoms. The van der Waals surface area contributed by atoms with Gasteiger partial charge in [-0.3, -0.25) is 0 Å². The van der Waals surface area contributed by atoms with Gasteiger partial charge in [-0.1, -0.05) is 30.3 Å². The number of rotatable bonds is 2. The Morgan fingerprint density at radius 1 is 0.655 bits per heavy atom. The first-order valence-corrected chi connectivity index (χ1v) is 8.47. The highest BCUT2D eigenvalue weighted by atomic mass is 19.4. The second kappa shape index (κ2) is 6.65. The lowest BCUT2D eigenvalue weighted by Gasteiger charge is -2.08. The molecule has 0 aliphatic heterocycles. The van der Waals surface area contributed by atoms with E-state index >= 15 is 0 Å². The highest BCUT2D eigenvalue weighted by molar-refractivity contribution is 5.94. The molecule has 0 unspecified atom stereocenters. The zero-order valence-electron chi connectivity index (χ0n) is 14.6. The molecular weight excluding hydrogens is 394 g/mol. The van der Waals surface area contributed by atoms with Crippen molar-refractivity contribution in [3.63, 3.8) is 0 Å². The Labute approximate surface area is 161 Å². The van der Waals surface area contributed by atoms with Gasteiger partial charge in [-0.2, -0.15) is 31.4 Å². The zero-order chi connectivity index (χ0) is 20.8. The van der Waals surface area contributed by atoms with Gasteiger partial charge in [0.1, 0.15) is 5.69 Å². The lowest BCUT2D eigenvalue weighted by molar-refractivity contribution is -0.138. The van der Waals surface area contributed by atoms with Crippen molar-refractivity contribution in [2.75, 3.05) is 0 Å². The smallest absolute Gasteiger partial charge is 0.232 e. The molecule has 0 N–H and O–H groups in total. The summed E-state index contributed by atoms with van der Waals surface area (Å²) < 4.78 is 79.1. The van der Waals surface area contributed by atoms with Gasteiger partial charge in [0.15, 0.2) is 0 Å². The maximum absolute atomic E-state index is 13.1. The van der Waals surface area contributed by atoms with Gasteiger partial charge >= 0.3 is 12.4 Å². The summed E-state index contributed by atoms with van der Waals surface area (Å²) in [6.45, 7) is 0. The molecule has 0 spiro atoms. The van der Waals surface area contributed by atoms with Gasteiger partial charge in [0.05, 0.1) is 22.3 Å². The molecule has 4 rings (SSSR count). The highest BCUT2D eigenvalue weighted by Gasteiger charge is 2.31. The van der Waals surface area contributed by atoms with Crippen LogP contribution in [-0.2, 0) is 12.4 Å². The van der Waals surface area contributed by atoms with Crippen molar-refractivity contribution < 1.29 is 26.3 Å². The van der Waals surface area contributed by atoms with Gasteiger partial charge in [0.25, 0.3) is 0 Å². The molecule has 2 nitrogen and oxygen atoms in total. The van der Waals surface area contributed by atoms with Crippen molar-refractivity contribution in [3.8, 4) is 16.9 Å². The van der Waals surface area contributed by atoms with Crippen LogP contribution >= 0.6 is 0 Å². The quantitative estimate of drug-likeness (QED) is 0.338. The molecule has 0 saturated carbocycles. The number of para-hydroxylation sites is 1. The zero-order valence-corrected chi connectivity index (χ0v) is 14.6. The fourth-order valence-corrected chi connectivity index (χ4v) is 3.11. The second-order valence-corrected chi connectivity index (χ2v) is 6.40. The number of halogens is 6. The van der Waals surface area contributed by atoms with Gasteiger partial charge in [0.2, 0.25) is 0 Å². The number of hydrogen-bond donors (Lipinski definition) is 0. The summed E-state index contributed by atoms with van der Waals surface area (Å²) in [6.07, 6.45) is -8.96. The Bertz CT molecular complexity index is 1170. The maximum Gasteiger partial charge on any atom is 0.416 e. The van der Waals surface area contributed by atoms with E-state index in [1.54, 1.807) is 24.3 Å². The summed E-state index contributed by atoms with van der Waals surface area (Å²) >= 11 is 0. The molecule has 3 aromatic carbocycles. The van der Waals surface area contributed by atoms with Crippen LogP contribution < -0.4 is 0 Å². The standard InChI is InChI=1S/C21H12F6N2/c22-20(23,24)14-8-10-16(11-9-14)29-18-7-2-1-6-17(18)19(28-29)13-4-3-5-15(12-13)21(25,26)27/h1-12H. The fourth-order valence-electron chi connectivity index (χ4n) is 3.11. The van der Waals surface area contributed by atoms with Crippen molar-refractivity contribution in [3.05, 3.63) is 83.9 Å². The third kappa shape index (κ3) is 3.57. The lowest BCUT2D eigenvalue weighted by Crippen LogP contribution is -2.05. The molecule has 148 valence electrons. The van der Waals surface area contributed by atoms with Crippen LogP contribution in [0.1, 0.15) is 11.1 Å². The Hall–Kier alpha value is -3.29. The van der Waals surface area contributed by atoms with E-state index in [9.17, 15) is 26.3 Å². The van der Waals surface area contributed by atoms with Gasteiger partial charge in [-0.05, 0) is 42.5 Å². The normalized spacial score (nSPS) is 12.5. The Morgan fingerprint density at radius 2 is 1.31 bits per heavy atom. The third-order valence-corrected chi connectivity index (χ3v) is 4.49. The van der Waals surface area contributed by atoms with Crippen LogP contribution in [0.5, 0.6) is 0 Å². The Kier molecular flexibility index (Phi) is 4.37. The summed E-state index contributed by atoms with van der Waals surface area (Å²) in [5, 5.41) is 5.00. The van der Waals surface area contributed by atoms with E-state index in [4.69, 9.17) is 0 Å². The number of alkyl halides is 6. The molecule has 1 heterocycles. The first-order chi connectivity index (χ1) is 13.6. The summed E-state index contributed by atoms with van der Waals surface area (Å²) in [4.78, 5) is 0. The number of benzene rings is 3. The number of hydrogen-bond acceptors (Lipinski definition) is 1. The fraction of sp³-hybridized carbons (Fsp3) is 0.0952. The first kappa shape index (κ1) is 19.0. The van der Waals surface area contributed by atoms with E-state index in [0.29, 0.717) is 22.3 Å². The third-order valence-electron chi connectivity index (χ3n) is 4.49. The van der Waals surface area contributed by atoms with E-state index < -0.39 is 23.5 Å². The monoisotopic (exact) mass is 406 g/mol. The van der Waals surface area contributed by atoms with Crippen molar-refractivity contribution in [2.45, 2.75) is 12.4 Å². The van der Waals surface area contributed by atoms with Crippen LogP contribution in [0.4, 0.5) is 26.3 Å². The summed E-state index contributed by atoms with van der Waals surface area (Å²) in [5.74, 6) is 0. The summed E-state index contributed by atoms with van der Waals surface area (Å²) in [5.41, 5.74) is -0.0839. The van der Waals surface area contributed by atoms with Crippen LogP contribution in [0.3, 0.4) is 0 Å². The minimum Gasteiger partial charge on any atom is -0.232 e. The molecule has 0 aliphatic carbocycles. The molecule has 0 amide bonds. The molecule has 0 bridgehead atoms. The molecular formula is C21H12F6N2. The average molecular weight is 406 g/mol.